The van der Waals surface area contributed by atoms with Crippen LogP contribution in [0.3, 0.4) is 0 Å². The molecule has 2 aromatic rings. The number of carbonyl (C=O) groups excluding carboxylic acids is 1. The van der Waals surface area contributed by atoms with E-state index in [1.54, 1.807) is 0 Å². The van der Waals surface area contributed by atoms with Crippen molar-refractivity contribution in [3.05, 3.63) is 53.7 Å². The maximum Gasteiger partial charge on any atom is 0.259 e. The number of aromatic nitrogens is 2. The monoisotopic (exact) mass is 270 g/mol. The van der Waals surface area contributed by atoms with Crippen LogP contribution in [0, 0.1) is 17.7 Å². The van der Waals surface area contributed by atoms with E-state index in [-0.39, 0.29) is 17.9 Å². The van der Waals surface area contributed by atoms with Gasteiger partial charge in [0, 0.05) is 18.0 Å². The molecule has 100 valence electrons. The van der Waals surface area contributed by atoms with Crippen molar-refractivity contribution in [2.75, 3.05) is 11.9 Å². The van der Waals surface area contributed by atoms with Gasteiger partial charge in [-0.3, -0.25) is 9.78 Å². The molecule has 0 fully saturated rings. The SMILES string of the molecule is NCC#Cc1ccc(F)c(C(=O)Nc2cnccn2)c1. The summed E-state index contributed by atoms with van der Waals surface area (Å²) in [6, 6.07) is 4.03. The molecule has 1 aromatic carbocycles. The summed E-state index contributed by atoms with van der Waals surface area (Å²) in [6.45, 7) is 0.193. The van der Waals surface area contributed by atoms with E-state index >= 15 is 0 Å². The molecule has 2 rings (SSSR count). The highest BCUT2D eigenvalue weighted by molar-refractivity contribution is 6.04. The number of carbonyl (C=O) groups is 1. The lowest BCUT2D eigenvalue weighted by Crippen LogP contribution is -2.15. The first-order valence-electron chi connectivity index (χ1n) is 5.76. The van der Waals surface area contributed by atoms with E-state index in [9.17, 15) is 9.18 Å². The van der Waals surface area contributed by atoms with Gasteiger partial charge in [0.25, 0.3) is 5.91 Å². The summed E-state index contributed by atoms with van der Waals surface area (Å²) in [5, 5.41) is 2.46. The van der Waals surface area contributed by atoms with E-state index in [1.165, 1.54) is 36.8 Å². The summed E-state index contributed by atoms with van der Waals surface area (Å²) in [6.07, 6.45) is 4.27. The Morgan fingerprint density at radius 2 is 2.25 bits per heavy atom. The van der Waals surface area contributed by atoms with Gasteiger partial charge in [-0.1, -0.05) is 11.8 Å². The Morgan fingerprint density at radius 3 is 2.95 bits per heavy atom. The first kappa shape index (κ1) is 13.6. The number of hydrogen-bond acceptors (Lipinski definition) is 4. The minimum Gasteiger partial charge on any atom is -0.320 e. The molecule has 0 aliphatic carbocycles. The van der Waals surface area contributed by atoms with E-state index in [4.69, 9.17) is 5.73 Å². The van der Waals surface area contributed by atoms with Gasteiger partial charge in [-0.2, -0.15) is 0 Å². The zero-order valence-corrected chi connectivity index (χ0v) is 10.4. The number of nitrogens with two attached hydrogens (primary N) is 1. The number of nitrogens with zero attached hydrogens (tertiary/aromatic N) is 2. The van der Waals surface area contributed by atoms with Crippen LogP contribution in [-0.2, 0) is 0 Å². The number of anilines is 1. The van der Waals surface area contributed by atoms with Crippen molar-refractivity contribution in [1.82, 2.24) is 9.97 Å². The fourth-order valence-electron chi connectivity index (χ4n) is 1.48. The highest BCUT2D eigenvalue weighted by atomic mass is 19.1. The van der Waals surface area contributed by atoms with Gasteiger partial charge < -0.3 is 11.1 Å². The lowest BCUT2D eigenvalue weighted by atomic mass is 10.1. The number of nitrogens with one attached hydrogen (secondary N) is 1. The Bertz CT molecular complexity index is 677. The molecule has 20 heavy (non-hydrogen) atoms. The molecule has 0 atom stereocenters. The lowest BCUT2D eigenvalue weighted by Gasteiger charge is -2.05. The van der Waals surface area contributed by atoms with Crippen molar-refractivity contribution in [3.8, 4) is 11.8 Å². The first-order chi connectivity index (χ1) is 9.70. The van der Waals surface area contributed by atoms with Crippen molar-refractivity contribution in [2.45, 2.75) is 0 Å². The summed E-state index contributed by atoms with van der Waals surface area (Å²) >= 11 is 0. The van der Waals surface area contributed by atoms with Gasteiger partial charge in [-0.15, -0.1) is 0 Å². The van der Waals surface area contributed by atoms with E-state index in [0.717, 1.165) is 0 Å². The molecule has 0 radical (unpaired) electrons. The summed E-state index contributed by atoms with van der Waals surface area (Å²) in [7, 11) is 0. The molecule has 0 saturated heterocycles. The molecule has 0 saturated carbocycles. The van der Waals surface area contributed by atoms with E-state index in [1.807, 2.05) is 0 Å². The van der Waals surface area contributed by atoms with Crippen molar-refractivity contribution in [1.29, 1.82) is 0 Å². The molecule has 0 aliphatic rings. The van der Waals surface area contributed by atoms with Gasteiger partial charge in [0.1, 0.15) is 5.82 Å². The maximum absolute atomic E-state index is 13.7. The average Bonchev–Trinajstić information content (AvgIpc) is 2.47. The third-order valence-corrected chi connectivity index (χ3v) is 2.35. The predicted molar refractivity (Wildman–Crippen MR) is 72.3 cm³/mol. The van der Waals surface area contributed by atoms with Crippen LogP contribution in [0.15, 0.2) is 36.8 Å². The van der Waals surface area contributed by atoms with Crippen molar-refractivity contribution >= 4 is 11.7 Å². The van der Waals surface area contributed by atoms with Gasteiger partial charge in [0.2, 0.25) is 0 Å². The number of amides is 1. The highest BCUT2D eigenvalue weighted by Gasteiger charge is 2.12. The minimum atomic E-state index is -0.635. The van der Waals surface area contributed by atoms with Crippen LogP contribution in [0.4, 0.5) is 10.2 Å². The number of benzene rings is 1. The second-order valence-corrected chi connectivity index (χ2v) is 3.75. The number of halogens is 1. The Labute approximate surface area is 115 Å². The van der Waals surface area contributed by atoms with Crippen LogP contribution in [0.5, 0.6) is 0 Å². The van der Waals surface area contributed by atoms with Gasteiger partial charge in [-0.25, -0.2) is 9.37 Å². The van der Waals surface area contributed by atoms with Crippen LogP contribution in [0.1, 0.15) is 15.9 Å². The van der Waals surface area contributed by atoms with Gasteiger partial charge in [0.15, 0.2) is 5.82 Å². The molecule has 6 heteroatoms. The fourth-order valence-corrected chi connectivity index (χ4v) is 1.48. The predicted octanol–water partition coefficient (Wildman–Crippen LogP) is 1.18. The van der Waals surface area contributed by atoms with Crippen LogP contribution in [-0.4, -0.2) is 22.4 Å². The van der Waals surface area contributed by atoms with Crippen molar-refractivity contribution < 1.29 is 9.18 Å². The zero-order chi connectivity index (χ0) is 14.4. The standard InChI is InChI=1S/C14H11FN4O/c15-12-4-3-10(2-1-5-16)8-11(12)14(20)19-13-9-17-6-7-18-13/h3-4,6-9H,5,16H2,(H,18,19,20). The molecule has 5 nitrogen and oxygen atoms in total. The van der Waals surface area contributed by atoms with Gasteiger partial charge >= 0.3 is 0 Å². The van der Waals surface area contributed by atoms with E-state index < -0.39 is 11.7 Å². The van der Waals surface area contributed by atoms with Crippen LogP contribution < -0.4 is 11.1 Å². The molecular weight excluding hydrogens is 259 g/mol. The highest BCUT2D eigenvalue weighted by Crippen LogP contribution is 2.12. The molecule has 0 aliphatic heterocycles. The van der Waals surface area contributed by atoms with E-state index in [2.05, 4.69) is 27.1 Å². The molecule has 1 heterocycles. The molecule has 0 unspecified atom stereocenters. The van der Waals surface area contributed by atoms with E-state index in [0.29, 0.717) is 5.56 Å². The summed E-state index contributed by atoms with van der Waals surface area (Å²) < 4.78 is 13.7. The zero-order valence-electron chi connectivity index (χ0n) is 10.4. The second kappa shape index (κ2) is 6.41. The quantitative estimate of drug-likeness (QED) is 0.803. The van der Waals surface area contributed by atoms with Crippen LogP contribution in [0.2, 0.25) is 0 Å². The largest absolute Gasteiger partial charge is 0.320 e. The van der Waals surface area contributed by atoms with Gasteiger partial charge in [0.05, 0.1) is 18.3 Å². The van der Waals surface area contributed by atoms with Gasteiger partial charge in [-0.05, 0) is 18.2 Å². The summed E-state index contributed by atoms with van der Waals surface area (Å²) in [5.41, 5.74) is 5.67. The smallest absolute Gasteiger partial charge is 0.259 e. The topological polar surface area (TPSA) is 80.9 Å². The Kier molecular flexibility index (Phi) is 4.37. The molecule has 1 amide bonds. The average molecular weight is 270 g/mol. The van der Waals surface area contributed by atoms with Crippen LogP contribution in [0.25, 0.3) is 0 Å². The summed E-state index contributed by atoms with van der Waals surface area (Å²) in [4.78, 5) is 19.7. The maximum atomic E-state index is 13.7. The molecule has 0 spiro atoms. The first-order valence-corrected chi connectivity index (χ1v) is 5.76. The Hall–Kier alpha value is -2.78. The molecule has 3 N–H and O–H groups in total. The van der Waals surface area contributed by atoms with Crippen molar-refractivity contribution in [3.63, 3.8) is 0 Å². The van der Waals surface area contributed by atoms with Crippen molar-refractivity contribution in [2.24, 2.45) is 5.73 Å². The second-order valence-electron chi connectivity index (χ2n) is 3.75. The molecule has 1 aromatic heterocycles. The fraction of sp³-hybridized carbons (Fsp3) is 0.0714. The lowest BCUT2D eigenvalue weighted by molar-refractivity contribution is 0.102. The molecular formula is C14H11FN4O. The Balaban J connectivity index is 2.25. The number of rotatable bonds is 2. The molecule has 0 bridgehead atoms. The third-order valence-electron chi connectivity index (χ3n) is 2.35. The number of hydrogen-bond donors (Lipinski definition) is 2. The summed E-state index contributed by atoms with van der Waals surface area (Å²) in [5.74, 6) is 4.38. The minimum absolute atomic E-state index is 0.112. The third kappa shape index (κ3) is 3.37. The van der Waals surface area contributed by atoms with Crippen LogP contribution >= 0.6 is 0 Å². The Morgan fingerprint density at radius 1 is 1.40 bits per heavy atom. The normalized spacial score (nSPS) is 9.50.